The smallest absolute Gasteiger partial charge is 0.411 e. The SMILES string of the molecule is C[C@@H](c1ccc(-c2cnc(C(=O)NC3CC3)nc2)cc1)N1CCC(CC(C)(C)O)(c2ccccc2)OC1=O. The van der Waals surface area contributed by atoms with E-state index < -0.39 is 17.3 Å². The Balaban J connectivity index is 1.28. The number of amides is 2. The van der Waals surface area contributed by atoms with Gasteiger partial charge in [0.15, 0.2) is 0 Å². The molecule has 2 fully saturated rings. The van der Waals surface area contributed by atoms with Gasteiger partial charge in [-0.25, -0.2) is 14.8 Å². The molecule has 0 radical (unpaired) electrons. The molecule has 1 aliphatic heterocycles. The number of cyclic esters (lactones) is 1. The molecule has 1 aliphatic carbocycles. The Bertz CT molecular complexity index is 1280. The molecule has 38 heavy (non-hydrogen) atoms. The van der Waals surface area contributed by atoms with Crippen molar-refractivity contribution in [3.63, 3.8) is 0 Å². The maximum absolute atomic E-state index is 13.3. The molecule has 2 aliphatic rings. The van der Waals surface area contributed by atoms with Gasteiger partial charge in [-0.3, -0.25) is 4.79 Å². The molecule has 8 heteroatoms. The summed E-state index contributed by atoms with van der Waals surface area (Å²) in [5.74, 6) is -0.0684. The Morgan fingerprint density at radius 3 is 2.34 bits per heavy atom. The summed E-state index contributed by atoms with van der Waals surface area (Å²) in [6, 6.07) is 17.6. The van der Waals surface area contributed by atoms with Crippen LogP contribution < -0.4 is 5.32 Å². The quantitative estimate of drug-likeness (QED) is 0.439. The van der Waals surface area contributed by atoms with Gasteiger partial charge in [0.1, 0.15) is 5.60 Å². The molecule has 1 saturated heterocycles. The summed E-state index contributed by atoms with van der Waals surface area (Å²) in [5, 5.41) is 13.5. The van der Waals surface area contributed by atoms with E-state index in [2.05, 4.69) is 15.3 Å². The second kappa shape index (κ2) is 10.2. The fourth-order valence-electron chi connectivity index (χ4n) is 5.10. The predicted molar refractivity (Wildman–Crippen MR) is 143 cm³/mol. The fraction of sp³-hybridized carbons (Fsp3) is 0.400. The third kappa shape index (κ3) is 5.70. The summed E-state index contributed by atoms with van der Waals surface area (Å²) in [7, 11) is 0. The molecule has 2 aromatic carbocycles. The molecule has 2 atom stereocenters. The zero-order valence-electron chi connectivity index (χ0n) is 22.1. The Morgan fingerprint density at radius 2 is 1.76 bits per heavy atom. The van der Waals surface area contributed by atoms with Crippen LogP contribution in [-0.2, 0) is 10.3 Å². The number of aliphatic hydroxyl groups is 1. The van der Waals surface area contributed by atoms with E-state index in [1.165, 1.54) is 0 Å². The van der Waals surface area contributed by atoms with Gasteiger partial charge >= 0.3 is 6.09 Å². The molecular weight excluding hydrogens is 480 g/mol. The highest BCUT2D eigenvalue weighted by Crippen LogP contribution is 2.42. The van der Waals surface area contributed by atoms with Gasteiger partial charge in [-0.2, -0.15) is 0 Å². The van der Waals surface area contributed by atoms with Crippen LogP contribution in [-0.4, -0.2) is 50.2 Å². The van der Waals surface area contributed by atoms with Crippen LogP contribution in [0, 0.1) is 0 Å². The highest BCUT2D eigenvalue weighted by atomic mass is 16.6. The summed E-state index contributed by atoms with van der Waals surface area (Å²) in [6.45, 7) is 5.97. The number of benzene rings is 2. The van der Waals surface area contributed by atoms with E-state index in [1.807, 2.05) is 61.5 Å². The van der Waals surface area contributed by atoms with E-state index >= 15 is 0 Å². The molecule has 2 amide bonds. The molecule has 198 valence electrons. The molecule has 2 heterocycles. The number of aromatic nitrogens is 2. The Kier molecular flexibility index (Phi) is 6.92. The summed E-state index contributed by atoms with van der Waals surface area (Å²) < 4.78 is 6.12. The van der Waals surface area contributed by atoms with Gasteiger partial charge in [0.05, 0.1) is 11.6 Å². The number of hydrogen-bond donors (Lipinski definition) is 2. The number of nitrogens with one attached hydrogen (secondary N) is 1. The first-order chi connectivity index (χ1) is 18.1. The van der Waals surface area contributed by atoms with Crippen molar-refractivity contribution < 1.29 is 19.4 Å². The van der Waals surface area contributed by atoms with Crippen molar-refractivity contribution in [1.82, 2.24) is 20.2 Å². The molecule has 1 unspecified atom stereocenters. The average Bonchev–Trinajstić information content (AvgIpc) is 3.72. The first kappa shape index (κ1) is 25.9. The lowest BCUT2D eigenvalue weighted by Crippen LogP contribution is -2.51. The number of nitrogens with zero attached hydrogens (tertiary/aromatic N) is 3. The van der Waals surface area contributed by atoms with Crippen molar-refractivity contribution in [3.8, 4) is 11.1 Å². The standard InChI is InChI=1S/C30H34N4O4/c1-20(34-16-15-30(38-28(34)36,19-29(2,3)37)24-7-5-4-6-8-24)21-9-11-22(12-10-21)23-17-31-26(32-18-23)27(35)33-25-13-14-25/h4-12,17-18,20,25,37H,13-16,19H2,1-3H3,(H,33,35)/t20-,30?/m0/s1. The van der Waals surface area contributed by atoms with Gasteiger partial charge in [-0.05, 0) is 50.3 Å². The third-order valence-electron chi connectivity index (χ3n) is 7.25. The van der Waals surface area contributed by atoms with E-state index in [-0.39, 0.29) is 23.8 Å². The van der Waals surface area contributed by atoms with E-state index in [0.717, 1.165) is 35.1 Å². The topological polar surface area (TPSA) is 105 Å². The molecule has 3 aromatic rings. The van der Waals surface area contributed by atoms with Crippen LogP contribution in [0.4, 0.5) is 4.79 Å². The normalized spacial score (nSPS) is 20.5. The predicted octanol–water partition coefficient (Wildman–Crippen LogP) is 5.00. The minimum atomic E-state index is -0.997. The van der Waals surface area contributed by atoms with Gasteiger partial charge < -0.3 is 20.1 Å². The Hall–Kier alpha value is -3.78. The number of hydrogen-bond acceptors (Lipinski definition) is 6. The highest BCUT2D eigenvalue weighted by molar-refractivity contribution is 5.91. The maximum atomic E-state index is 13.3. The zero-order chi connectivity index (χ0) is 26.9. The van der Waals surface area contributed by atoms with Gasteiger partial charge in [0, 0.05) is 43.4 Å². The van der Waals surface area contributed by atoms with Crippen LogP contribution in [0.5, 0.6) is 0 Å². The average molecular weight is 515 g/mol. The summed E-state index contributed by atoms with van der Waals surface area (Å²) in [5.41, 5.74) is 1.72. The molecule has 1 saturated carbocycles. The largest absolute Gasteiger partial charge is 0.438 e. The molecule has 2 N–H and O–H groups in total. The lowest BCUT2D eigenvalue weighted by atomic mass is 9.80. The number of ether oxygens (including phenoxy) is 1. The maximum Gasteiger partial charge on any atom is 0.411 e. The van der Waals surface area contributed by atoms with E-state index in [9.17, 15) is 14.7 Å². The number of rotatable bonds is 8. The second-order valence-electron chi connectivity index (χ2n) is 11.0. The van der Waals surface area contributed by atoms with Crippen molar-refractivity contribution >= 4 is 12.0 Å². The third-order valence-corrected chi connectivity index (χ3v) is 7.25. The van der Waals surface area contributed by atoms with Crippen LogP contribution in [0.25, 0.3) is 11.1 Å². The van der Waals surface area contributed by atoms with Crippen LogP contribution >= 0.6 is 0 Å². The fourth-order valence-corrected chi connectivity index (χ4v) is 5.10. The Morgan fingerprint density at radius 1 is 1.11 bits per heavy atom. The molecule has 5 rings (SSSR count). The molecule has 8 nitrogen and oxygen atoms in total. The van der Waals surface area contributed by atoms with E-state index in [0.29, 0.717) is 19.4 Å². The summed E-state index contributed by atoms with van der Waals surface area (Å²) >= 11 is 0. The van der Waals surface area contributed by atoms with Crippen molar-refractivity contribution in [1.29, 1.82) is 0 Å². The van der Waals surface area contributed by atoms with Crippen LogP contribution in [0.3, 0.4) is 0 Å². The highest BCUT2D eigenvalue weighted by Gasteiger charge is 2.46. The van der Waals surface area contributed by atoms with Gasteiger partial charge in [-0.15, -0.1) is 0 Å². The molecule has 0 spiro atoms. The van der Waals surface area contributed by atoms with E-state index in [1.54, 1.807) is 31.1 Å². The Labute approximate surface area is 223 Å². The lowest BCUT2D eigenvalue weighted by Gasteiger charge is -2.45. The monoisotopic (exact) mass is 514 g/mol. The van der Waals surface area contributed by atoms with Crippen LogP contribution in [0.2, 0.25) is 0 Å². The first-order valence-electron chi connectivity index (χ1n) is 13.1. The first-order valence-corrected chi connectivity index (χ1v) is 13.1. The second-order valence-corrected chi connectivity index (χ2v) is 11.0. The molecule has 1 aromatic heterocycles. The summed E-state index contributed by atoms with van der Waals surface area (Å²) in [6.07, 6.45) is 5.83. The van der Waals surface area contributed by atoms with E-state index in [4.69, 9.17) is 4.74 Å². The van der Waals surface area contributed by atoms with Crippen LogP contribution in [0.1, 0.15) is 74.2 Å². The van der Waals surface area contributed by atoms with Crippen molar-refractivity contribution in [2.45, 2.75) is 69.7 Å². The van der Waals surface area contributed by atoms with Crippen molar-refractivity contribution in [2.24, 2.45) is 0 Å². The van der Waals surface area contributed by atoms with Crippen LogP contribution in [0.15, 0.2) is 67.0 Å². The molecular formula is C30H34N4O4. The number of carbonyl (C=O) groups is 2. The van der Waals surface area contributed by atoms with Crippen molar-refractivity contribution in [3.05, 3.63) is 83.9 Å². The number of carbonyl (C=O) groups excluding carboxylic acids is 2. The van der Waals surface area contributed by atoms with Gasteiger partial charge in [0.2, 0.25) is 5.82 Å². The van der Waals surface area contributed by atoms with Gasteiger partial charge in [0.25, 0.3) is 5.91 Å². The van der Waals surface area contributed by atoms with Gasteiger partial charge in [-0.1, -0.05) is 54.6 Å². The minimum Gasteiger partial charge on any atom is -0.438 e. The zero-order valence-corrected chi connectivity index (χ0v) is 22.1. The minimum absolute atomic E-state index is 0.172. The molecule has 0 bridgehead atoms. The van der Waals surface area contributed by atoms with Crippen molar-refractivity contribution in [2.75, 3.05) is 6.54 Å². The lowest BCUT2D eigenvalue weighted by molar-refractivity contribution is -0.101. The summed E-state index contributed by atoms with van der Waals surface area (Å²) in [4.78, 5) is 35.6.